The van der Waals surface area contributed by atoms with Gasteiger partial charge in [0.15, 0.2) is 5.41 Å². The molecule has 0 fully saturated rings. The number of benzene rings is 2. The number of fused-ring (bicyclic) bond motifs is 1. The number of aliphatic hydroxyl groups excluding tert-OH is 1. The van der Waals surface area contributed by atoms with E-state index in [4.69, 9.17) is 18.6 Å². The molecule has 4 rings (SSSR count). The van der Waals surface area contributed by atoms with Gasteiger partial charge >= 0.3 is 9.76 Å². The van der Waals surface area contributed by atoms with Crippen LogP contribution in [0.5, 0.6) is 0 Å². The van der Waals surface area contributed by atoms with Crippen LogP contribution in [0.4, 0.5) is 0 Å². The first-order valence-electron chi connectivity index (χ1n) is 10.9. The molecule has 0 saturated carbocycles. The van der Waals surface area contributed by atoms with Crippen LogP contribution in [0.1, 0.15) is 23.7 Å². The molecular weight excluding hydrogens is 516 g/mol. The van der Waals surface area contributed by atoms with Crippen LogP contribution < -0.4 is 0 Å². The van der Waals surface area contributed by atoms with E-state index in [9.17, 15) is 9.90 Å². The van der Waals surface area contributed by atoms with Crippen molar-refractivity contribution < 1.29 is 23.5 Å². The van der Waals surface area contributed by atoms with Crippen molar-refractivity contribution in [2.24, 2.45) is 0 Å². The van der Waals surface area contributed by atoms with Gasteiger partial charge < -0.3 is 23.5 Å². The van der Waals surface area contributed by atoms with Gasteiger partial charge in [0.05, 0.1) is 18.8 Å². The van der Waals surface area contributed by atoms with Crippen molar-refractivity contribution in [2.45, 2.75) is 25.5 Å². The Kier molecular flexibility index (Phi) is 8.47. The van der Waals surface area contributed by atoms with E-state index in [0.29, 0.717) is 26.2 Å². The Labute approximate surface area is 208 Å². The quantitative estimate of drug-likeness (QED) is 0.210. The smallest absolute Gasteiger partial charge is 0.316 e. The number of aromatic nitrogens is 2. The minimum Gasteiger partial charge on any atom is -0.464 e. The first-order valence-corrected chi connectivity index (χ1v) is 12.6. The molecule has 2 heterocycles. The number of aryl methyl sites for hydroxylation is 1. The van der Waals surface area contributed by atoms with Gasteiger partial charge in [-0.1, -0.05) is 42.5 Å². The van der Waals surface area contributed by atoms with Crippen molar-refractivity contribution in [3.63, 3.8) is 0 Å². The SMILES string of the molecule is COCn1c(CCCO[Si]C(=O)C(CO)c2ccccc2)nc(-c2ccc3ccoc3c2)c1Br. The molecule has 0 amide bonds. The molecule has 34 heavy (non-hydrogen) atoms. The second-order valence-corrected chi connectivity index (χ2v) is 9.49. The predicted octanol–water partition coefficient (Wildman–Crippen LogP) is 4.53. The van der Waals surface area contributed by atoms with Crippen LogP contribution in [0.25, 0.3) is 22.2 Å². The third-order valence-electron chi connectivity index (χ3n) is 5.49. The molecule has 1 N–H and O–H groups in total. The largest absolute Gasteiger partial charge is 0.464 e. The molecule has 0 aliphatic rings. The average molecular weight is 541 g/mol. The molecule has 9 heteroatoms. The summed E-state index contributed by atoms with van der Waals surface area (Å²) in [5.74, 6) is 0.309. The number of halogens is 1. The molecule has 0 saturated heterocycles. The average Bonchev–Trinajstić information content (AvgIpc) is 3.44. The summed E-state index contributed by atoms with van der Waals surface area (Å²) in [6.07, 6.45) is 3.03. The van der Waals surface area contributed by atoms with E-state index in [1.165, 1.54) is 0 Å². The number of imidazole rings is 1. The summed E-state index contributed by atoms with van der Waals surface area (Å²) in [6, 6.07) is 17.2. The summed E-state index contributed by atoms with van der Waals surface area (Å²) in [5.41, 5.74) is 3.38. The normalized spacial score (nSPS) is 12.3. The molecule has 0 aliphatic carbocycles. The Hall–Kier alpha value is -2.56. The summed E-state index contributed by atoms with van der Waals surface area (Å²) in [4.78, 5) is 17.4. The monoisotopic (exact) mass is 540 g/mol. The van der Waals surface area contributed by atoms with Crippen LogP contribution in [0, 0.1) is 0 Å². The maximum Gasteiger partial charge on any atom is 0.316 e. The Morgan fingerprint density at radius 2 is 2.06 bits per heavy atom. The molecule has 0 spiro atoms. The summed E-state index contributed by atoms with van der Waals surface area (Å²) >= 11 is 3.67. The van der Waals surface area contributed by atoms with Crippen molar-refractivity contribution in [1.29, 1.82) is 0 Å². The molecule has 1 atom stereocenters. The molecule has 0 bridgehead atoms. The number of aliphatic hydroxyl groups is 1. The van der Waals surface area contributed by atoms with Gasteiger partial charge in [0, 0.05) is 31.1 Å². The van der Waals surface area contributed by atoms with E-state index in [0.717, 1.165) is 38.2 Å². The Morgan fingerprint density at radius 1 is 1.24 bits per heavy atom. The minimum absolute atomic E-state index is 0.104. The number of furan rings is 1. The minimum atomic E-state index is -0.551. The maximum absolute atomic E-state index is 12.5. The molecule has 2 aromatic heterocycles. The van der Waals surface area contributed by atoms with E-state index in [2.05, 4.69) is 15.9 Å². The van der Waals surface area contributed by atoms with Crippen molar-refractivity contribution >= 4 is 42.1 Å². The second-order valence-electron chi connectivity index (χ2n) is 7.75. The summed E-state index contributed by atoms with van der Waals surface area (Å²) in [6.45, 7) is 0.554. The molecule has 7 nitrogen and oxygen atoms in total. The first-order chi connectivity index (χ1) is 16.6. The Bertz CT molecular complexity index is 1240. The fraction of sp³-hybridized carbons (Fsp3) is 0.280. The Balaban J connectivity index is 1.37. The molecule has 4 aromatic rings. The molecule has 2 aromatic carbocycles. The van der Waals surface area contributed by atoms with Crippen LogP contribution in [-0.4, -0.2) is 50.2 Å². The zero-order chi connectivity index (χ0) is 23.9. The fourth-order valence-electron chi connectivity index (χ4n) is 3.73. The topological polar surface area (TPSA) is 86.7 Å². The van der Waals surface area contributed by atoms with Crippen LogP contribution in [0.3, 0.4) is 0 Å². The lowest BCUT2D eigenvalue weighted by molar-refractivity contribution is -0.115. The lowest BCUT2D eigenvalue weighted by atomic mass is 10.0. The first kappa shape index (κ1) is 24.6. The molecular formula is C25H25BrN2O5Si. The zero-order valence-electron chi connectivity index (χ0n) is 18.7. The van der Waals surface area contributed by atoms with E-state index < -0.39 is 5.92 Å². The van der Waals surface area contributed by atoms with Gasteiger partial charge in [0.1, 0.15) is 28.4 Å². The number of methoxy groups -OCH3 is 1. The van der Waals surface area contributed by atoms with Crippen LogP contribution >= 0.6 is 15.9 Å². The fourth-order valence-corrected chi connectivity index (χ4v) is 5.15. The third-order valence-corrected chi connectivity index (χ3v) is 7.19. The van der Waals surface area contributed by atoms with Gasteiger partial charge in [-0.15, -0.1) is 0 Å². The molecule has 1 unspecified atom stereocenters. The standard InChI is InChI=1S/C25H25BrN2O5Si/c1-31-16-28-22(27-23(24(28)26)19-10-9-18-11-13-32-21(18)14-19)8-5-12-33-34-25(30)20(15-29)17-6-3-2-4-7-17/h2-4,6-7,9-11,13-14,20,29H,5,8,12,15-16H2,1H3. The van der Waals surface area contributed by atoms with E-state index in [1.54, 1.807) is 13.4 Å². The Morgan fingerprint density at radius 3 is 2.82 bits per heavy atom. The van der Waals surface area contributed by atoms with Gasteiger partial charge in [-0.25, -0.2) is 4.98 Å². The highest BCUT2D eigenvalue weighted by molar-refractivity contribution is 9.10. The van der Waals surface area contributed by atoms with E-state index >= 15 is 0 Å². The number of hydrogen-bond donors (Lipinski definition) is 1. The molecule has 2 radical (unpaired) electrons. The second kappa shape index (κ2) is 11.7. The van der Waals surface area contributed by atoms with Crippen LogP contribution in [0.15, 0.2) is 69.9 Å². The van der Waals surface area contributed by atoms with Gasteiger partial charge in [0.25, 0.3) is 0 Å². The summed E-state index contributed by atoms with van der Waals surface area (Å²) < 4.78 is 19.4. The predicted molar refractivity (Wildman–Crippen MR) is 133 cm³/mol. The third kappa shape index (κ3) is 5.56. The highest BCUT2D eigenvalue weighted by atomic mass is 79.9. The zero-order valence-corrected chi connectivity index (χ0v) is 21.3. The highest BCUT2D eigenvalue weighted by Gasteiger charge is 2.21. The number of carbonyl (C=O) groups excluding carboxylic acids is 1. The van der Waals surface area contributed by atoms with Gasteiger partial charge in [0.2, 0.25) is 0 Å². The van der Waals surface area contributed by atoms with Crippen LogP contribution in [0.2, 0.25) is 0 Å². The van der Waals surface area contributed by atoms with E-state index in [1.807, 2.05) is 59.2 Å². The number of ether oxygens (including phenoxy) is 1. The van der Waals surface area contributed by atoms with Crippen molar-refractivity contribution in [1.82, 2.24) is 9.55 Å². The van der Waals surface area contributed by atoms with Crippen molar-refractivity contribution in [3.8, 4) is 11.3 Å². The molecule has 176 valence electrons. The summed E-state index contributed by atoms with van der Waals surface area (Å²) in [7, 11) is 1.33. The van der Waals surface area contributed by atoms with E-state index in [-0.39, 0.29) is 21.8 Å². The highest BCUT2D eigenvalue weighted by Crippen LogP contribution is 2.31. The lowest BCUT2D eigenvalue weighted by Gasteiger charge is -2.12. The number of hydrogen-bond acceptors (Lipinski definition) is 6. The van der Waals surface area contributed by atoms with Crippen molar-refractivity contribution in [3.05, 3.63) is 76.9 Å². The van der Waals surface area contributed by atoms with Gasteiger partial charge in [-0.2, -0.15) is 0 Å². The number of carbonyl (C=O) groups is 1. The lowest BCUT2D eigenvalue weighted by Crippen LogP contribution is -2.24. The molecule has 0 aliphatic heterocycles. The van der Waals surface area contributed by atoms with Crippen molar-refractivity contribution in [2.75, 3.05) is 20.3 Å². The number of rotatable bonds is 12. The van der Waals surface area contributed by atoms with Gasteiger partial charge in [-0.3, -0.25) is 4.57 Å². The van der Waals surface area contributed by atoms with Crippen LogP contribution in [-0.2, 0) is 27.1 Å². The maximum atomic E-state index is 12.5. The number of nitrogens with zero attached hydrogens (tertiary/aromatic N) is 2. The van der Waals surface area contributed by atoms with Gasteiger partial charge in [-0.05, 0) is 40.0 Å². The summed E-state index contributed by atoms with van der Waals surface area (Å²) in [5, 5.41) is 10.6.